The van der Waals surface area contributed by atoms with E-state index in [0.29, 0.717) is 25.3 Å². The first-order valence-corrected chi connectivity index (χ1v) is 13.7. The van der Waals surface area contributed by atoms with Gasteiger partial charge < -0.3 is 19.6 Å². The van der Waals surface area contributed by atoms with Gasteiger partial charge in [-0.15, -0.1) is 0 Å². The molecule has 1 aliphatic heterocycles. The van der Waals surface area contributed by atoms with Gasteiger partial charge in [-0.2, -0.15) is 4.98 Å². The van der Waals surface area contributed by atoms with Gasteiger partial charge in [-0.3, -0.25) is 0 Å². The van der Waals surface area contributed by atoms with E-state index in [9.17, 15) is 4.79 Å². The van der Waals surface area contributed by atoms with Gasteiger partial charge in [0.2, 0.25) is 0 Å². The molecule has 0 spiro atoms. The second-order valence-corrected chi connectivity index (χ2v) is 9.96. The fraction of sp³-hybridized carbons (Fsp3) is 0.290. The van der Waals surface area contributed by atoms with Crippen molar-refractivity contribution in [3.05, 3.63) is 78.6 Å². The molecular formula is C31H32N6O2. The van der Waals surface area contributed by atoms with Gasteiger partial charge in [0, 0.05) is 43.9 Å². The summed E-state index contributed by atoms with van der Waals surface area (Å²) in [6, 6.07) is 24.1. The lowest BCUT2D eigenvalue weighted by Gasteiger charge is -2.24. The Bertz CT molecular complexity index is 1600. The number of urea groups is 1. The molecule has 8 nitrogen and oxygen atoms in total. The number of amides is 2. The summed E-state index contributed by atoms with van der Waals surface area (Å²) >= 11 is 0. The third-order valence-corrected chi connectivity index (χ3v) is 7.25. The minimum absolute atomic E-state index is 0.0821. The number of hydrogen-bond acceptors (Lipinski definition) is 6. The van der Waals surface area contributed by atoms with Gasteiger partial charge in [-0.25, -0.2) is 9.78 Å². The van der Waals surface area contributed by atoms with E-state index < -0.39 is 0 Å². The van der Waals surface area contributed by atoms with E-state index in [0.717, 1.165) is 71.6 Å². The van der Waals surface area contributed by atoms with E-state index in [1.165, 1.54) is 5.39 Å². The number of nitrogens with zero attached hydrogens (tertiary/aromatic N) is 5. The van der Waals surface area contributed by atoms with Crippen LogP contribution in [0.15, 0.2) is 77.3 Å². The number of rotatable bonds is 6. The molecule has 1 aliphatic rings. The first-order valence-electron chi connectivity index (χ1n) is 13.7. The molecule has 198 valence electrons. The van der Waals surface area contributed by atoms with Crippen molar-refractivity contribution in [3.63, 3.8) is 0 Å². The lowest BCUT2D eigenvalue weighted by atomic mass is 10.0. The number of aryl methyl sites for hydroxylation is 1. The van der Waals surface area contributed by atoms with Crippen LogP contribution in [0.1, 0.15) is 32.0 Å². The Kier molecular flexibility index (Phi) is 7.08. The summed E-state index contributed by atoms with van der Waals surface area (Å²) in [5.74, 6) is 1.60. The van der Waals surface area contributed by atoms with Crippen molar-refractivity contribution in [2.24, 2.45) is 0 Å². The minimum Gasteiger partial charge on any atom is -0.354 e. The maximum absolute atomic E-state index is 13.0. The topological polar surface area (TPSA) is 87.4 Å². The van der Waals surface area contributed by atoms with Gasteiger partial charge in [0.15, 0.2) is 0 Å². The van der Waals surface area contributed by atoms with Crippen molar-refractivity contribution in [1.29, 1.82) is 0 Å². The first-order chi connectivity index (χ1) is 19.2. The Labute approximate surface area is 227 Å². The zero-order valence-corrected chi connectivity index (χ0v) is 22.1. The molecule has 0 saturated carbocycles. The molecule has 0 radical (unpaired) electrons. The minimum atomic E-state index is -0.0821. The van der Waals surface area contributed by atoms with Gasteiger partial charge in [0.1, 0.15) is 22.7 Å². The number of para-hydroxylation sites is 1. The normalized spacial score (nSPS) is 14.1. The Balaban J connectivity index is 1.33. The number of carbonyl (C=O) groups is 1. The molecule has 1 fully saturated rings. The van der Waals surface area contributed by atoms with Crippen LogP contribution < -0.4 is 10.2 Å². The largest absolute Gasteiger partial charge is 0.354 e. The van der Waals surface area contributed by atoms with Crippen LogP contribution in [0.5, 0.6) is 0 Å². The number of aromatic nitrogens is 3. The lowest BCUT2D eigenvalue weighted by Crippen LogP contribution is -2.38. The summed E-state index contributed by atoms with van der Waals surface area (Å²) in [5, 5.41) is 10.6. The smallest absolute Gasteiger partial charge is 0.321 e. The highest BCUT2D eigenvalue weighted by Crippen LogP contribution is 2.35. The van der Waals surface area contributed by atoms with Gasteiger partial charge in [-0.1, -0.05) is 73.1 Å². The highest BCUT2D eigenvalue weighted by molar-refractivity contribution is 6.00. The molecule has 0 aliphatic carbocycles. The summed E-state index contributed by atoms with van der Waals surface area (Å²) < 4.78 is 5.82. The third-order valence-electron chi connectivity index (χ3n) is 7.25. The highest BCUT2D eigenvalue weighted by atomic mass is 16.5. The van der Waals surface area contributed by atoms with Crippen LogP contribution in [0.4, 0.5) is 16.3 Å². The standard InChI is InChI=1S/C31H32N6O2/c1-2-3-14-26-33-29(36-17-9-18-37(20-19-36)31(38)32-25-12-5-4-6-13-25)27-28(35-39-30(27)34-26)24-16-15-22-10-7-8-11-23(22)21-24/h4-8,10-13,15-16,21H,2-3,9,14,17-20H2,1H3,(H,32,38). The van der Waals surface area contributed by atoms with Gasteiger partial charge in [0.25, 0.3) is 5.71 Å². The van der Waals surface area contributed by atoms with E-state index in [1.807, 2.05) is 47.4 Å². The lowest BCUT2D eigenvalue weighted by molar-refractivity contribution is 0.215. The summed E-state index contributed by atoms with van der Waals surface area (Å²) in [7, 11) is 0. The Morgan fingerprint density at radius 2 is 1.74 bits per heavy atom. The number of hydrogen-bond donors (Lipinski definition) is 1. The molecular weight excluding hydrogens is 488 g/mol. The van der Waals surface area contributed by atoms with E-state index in [1.54, 1.807) is 0 Å². The Morgan fingerprint density at radius 1 is 0.923 bits per heavy atom. The fourth-order valence-electron chi connectivity index (χ4n) is 5.15. The van der Waals surface area contributed by atoms with Crippen LogP contribution in [-0.4, -0.2) is 52.2 Å². The number of nitrogens with one attached hydrogen (secondary N) is 1. The van der Waals surface area contributed by atoms with Crippen LogP contribution in [0, 0.1) is 0 Å². The average Bonchev–Trinajstić information content (AvgIpc) is 3.24. The van der Waals surface area contributed by atoms with Gasteiger partial charge in [-0.05, 0) is 41.8 Å². The second kappa shape index (κ2) is 11.1. The Morgan fingerprint density at radius 3 is 2.59 bits per heavy atom. The van der Waals surface area contributed by atoms with Gasteiger partial charge >= 0.3 is 6.03 Å². The molecule has 39 heavy (non-hydrogen) atoms. The number of benzene rings is 3. The molecule has 2 aromatic heterocycles. The molecule has 1 N–H and O–H groups in total. The molecule has 8 heteroatoms. The molecule has 2 amide bonds. The monoisotopic (exact) mass is 520 g/mol. The number of unbranched alkanes of at least 4 members (excludes halogenated alkanes) is 1. The fourth-order valence-corrected chi connectivity index (χ4v) is 5.15. The van der Waals surface area contributed by atoms with E-state index in [2.05, 4.69) is 52.6 Å². The number of anilines is 2. The zero-order chi connectivity index (χ0) is 26.6. The molecule has 6 rings (SSSR count). The molecule has 5 aromatic rings. The van der Waals surface area contributed by atoms with Gasteiger partial charge in [0.05, 0.1) is 0 Å². The summed E-state index contributed by atoms with van der Waals surface area (Å²) in [6.45, 7) is 4.86. The van der Waals surface area contributed by atoms with Crippen LogP contribution >= 0.6 is 0 Å². The van der Waals surface area contributed by atoms with Crippen LogP contribution in [0.2, 0.25) is 0 Å². The van der Waals surface area contributed by atoms with E-state index in [4.69, 9.17) is 14.5 Å². The quantitative estimate of drug-likeness (QED) is 0.274. The second-order valence-electron chi connectivity index (χ2n) is 9.96. The summed E-state index contributed by atoms with van der Waals surface area (Å²) in [4.78, 5) is 26.9. The zero-order valence-electron chi connectivity index (χ0n) is 22.1. The highest BCUT2D eigenvalue weighted by Gasteiger charge is 2.26. The van der Waals surface area contributed by atoms with E-state index >= 15 is 0 Å². The van der Waals surface area contributed by atoms with E-state index in [-0.39, 0.29) is 6.03 Å². The molecule has 3 aromatic carbocycles. The van der Waals surface area contributed by atoms with Crippen LogP contribution in [0.3, 0.4) is 0 Å². The maximum Gasteiger partial charge on any atom is 0.321 e. The van der Waals surface area contributed by atoms with Crippen molar-refractivity contribution in [2.75, 3.05) is 36.4 Å². The number of fused-ring (bicyclic) bond motifs is 2. The van der Waals surface area contributed by atoms with Crippen molar-refractivity contribution in [3.8, 4) is 11.3 Å². The SMILES string of the molecule is CCCCc1nc(N2CCCN(C(=O)Nc3ccccc3)CC2)c2c(-c3ccc4ccccc4c3)noc2n1. The molecule has 0 atom stereocenters. The predicted octanol–water partition coefficient (Wildman–Crippen LogP) is 6.52. The maximum atomic E-state index is 13.0. The van der Waals surface area contributed by atoms with Crippen molar-refractivity contribution in [2.45, 2.75) is 32.6 Å². The molecule has 0 bridgehead atoms. The van der Waals surface area contributed by atoms with Crippen LogP contribution in [-0.2, 0) is 6.42 Å². The molecule has 3 heterocycles. The molecule has 0 unspecified atom stereocenters. The van der Waals surface area contributed by atoms with Crippen molar-refractivity contribution < 1.29 is 9.32 Å². The number of carbonyl (C=O) groups excluding carboxylic acids is 1. The average molecular weight is 521 g/mol. The summed E-state index contributed by atoms with van der Waals surface area (Å²) in [6.07, 6.45) is 3.67. The summed E-state index contributed by atoms with van der Waals surface area (Å²) in [5.41, 5.74) is 3.02. The molecule has 1 saturated heterocycles. The third kappa shape index (κ3) is 5.27. The Hall–Kier alpha value is -4.46. The first kappa shape index (κ1) is 24.9. The van der Waals surface area contributed by atoms with Crippen molar-refractivity contribution in [1.82, 2.24) is 20.0 Å². The van der Waals surface area contributed by atoms with Crippen molar-refractivity contribution >= 4 is 39.4 Å². The predicted molar refractivity (Wildman–Crippen MR) is 155 cm³/mol. The van der Waals surface area contributed by atoms with Crippen LogP contribution in [0.25, 0.3) is 33.1 Å².